The molecule has 1 fully saturated rings. The summed E-state index contributed by atoms with van der Waals surface area (Å²) in [7, 11) is 1.92. The van der Waals surface area contributed by atoms with Gasteiger partial charge >= 0.3 is 0 Å². The van der Waals surface area contributed by atoms with Crippen LogP contribution in [0.2, 0.25) is 5.02 Å². The van der Waals surface area contributed by atoms with Gasteiger partial charge in [-0.05, 0) is 43.5 Å². The second-order valence-corrected chi connectivity index (χ2v) is 7.90. The van der Waals surface area contributed by atoms with E-state index >= 15 is 0 Å². The quantitative estimate of drug-likeness (QED) is 0.707. The Morgan fingerprint density at radius 3 is 3.00 bits per heavy atom. The monoisotopic (exact) mass is 415 g/mol. The molecule has 1 aromatic carbocycles. The normalized spacial score (nSPS) is 17.0. The van der Waals surface area contributed by atoms with Crippen LogP contribution < -0.4 is 10.2 Å². The lowest BCUT2D eigenvalue weighted by molar-refractivity contribution is -0.125. The molecule has 1 aliphatic heterocycles. The van der Waals surface area contributed by atoms with Gasteiger partial charge in [0.25, 0.3) is 0 Å². The van der Waals surface area contributed by atoms with Gasteiger partial charge < -0.3 is 10.2 Å². The Bertz CT molecular complexity index is 1070. The number of carbonyl (C=O) groups excluding carboxylic acids is 1. The van der Waals surface area contributed by atoms with Crippen LogP contribution >= 0.6 is 11.6 Å². The summed E-state index contributed by atoms with van der Waals surface area (Å²) in [5, 5.41) is 8.61. The summed E-state index contributed by atoms with van der Waals surface area (Å²) in [5.74, 6) is 0.264. The first-order chi connectivity index (χ1) is 13.9. The van der Waals surface area contributed by atoms with Gasteiger partial charge in [0, 0.05) is 38.3 Å². The molecule has 1 atom stereocenters. The third kappa shape index (κ3) is 3.92. The molecule has 152 valence electrons. The summed E-state index contributed by atoms with van der Waals surface area (Å²) in [6, 6.07) is 6.46. The highest BCUT2D eigenvalue weighted by Gasteiger charge is 2.28. The second kappa shape index (κ2) is 7.99. The van der Waals surface area contributed by atoms with Crippen molar-refractivity contribution in [3.05, 3.63) is 52.6 Å². The van der Waals surface area contributed by atoms with E-state index in [4.69, 9.17) is 11.6 Å². The topological polar surface area (TPSA) is 63.1 Å². The molecule has 3 aromatic rings. The van der Waals surface area contributed by atoms with Crippen LogP contribution in [0.15, 0.2) is 30.5 Å². The molecule has 3 heterocycles. The number of halogens is 2. The number of hydrogen-bond donors (Lipinski definition) is 1. The molecule has 2 aromatic heterocycles. The third-order valence-corrected chi connectivity index (χ3v) is 5.75. The summed E-state index contributed by atoms with van der Waals surface area (Å²) in [5.41, 5.74) is 2.73. The fourth-order valence-electron chi connectivity index (χ4n) is 3.98. The van der Waals surface area contributed by atoms with Crippen molar-refractivity contribution in [1.29, 1.82) is 0 Å². The highest BCUT2D eigenvalue weighted by molar-refractivity contribution is 6.30. The molecule has 0 aliphatic carbocycles. The van der Waals surface area contributed by atoms with Gasteiger partial charge in [0.15, 0.2) is 5.82 Å². The molecular weight excluding hydrogens is 393 g/mol. The van der Waals surface area contributed by atoms with Gasteiger partial charge in [0.05, 0.1) is 16.6 Å². The van der Waals surface area contributed by atoms with Crippen molar-refractivity contribution < 1.29 is 9.18 Å². The van der Waals surface area contributed by atoms with Gasteiger partial charge in [0.2, 0.25) is 5.91 Å². The molecule has 4 rings (SSSR count). The van der Waals surface area contributed by atoms with Gasteiger partial charge in [-0.1, -0.05) is 17.7 Å². The van der Waals surface area contributed by atoms with Crippen LogP contribution in [-0.2, 0) is 18.4 Å². The van der Waals surface area contributed by atoms with Gasteiger partial charge in [-0.15, -0.1) is 0 Å². The Morgan fingerprint density at radius 1 is 1.38 bits per heavy atom. The van der Waals surface area contributed by atoms with E-state index in [1.54, 1.807) is 18.3 Å². The molecule has 8 heteroatoms. The lowest BCUT2D eigenvalue weighted by Gasteiger charge is -2.33. The van der Waals surface area contributed by atoms with Crippen molar-refractivity contribution in [2.75, 3.05) is 18.0 Å². The van der Waals surface area contributed by atoms with E-state index in [1.165, 1.54) is 6.07 Å². The number of rotatable bonds is 4. The van der Waals surface area contributed by atoms with E-state index in [0.717, 1.165) is 47.4 Å². The van der Waals surface area contributed by atoms with Crippen LogP contribution in [0.25, 0.3) is 10.9 Å². The van der Waals surface area contributed by atoms with Gasteiger partial charge in [-0.2, -0.15) is 5.10 Å². The number of fused-ring (bicyclic) bond motifs is 1. The standard InChI is InChI=1S/C21H23ClFN5O/c1-13-16-7-8-24-20(19(16)27(2)26-13)28-9-3-4-15(12-28)21(29)25-11-14-5-6-18(23)17(22)10-14/h5-8,10,15H,3-4,9,11-12H2,1-2H3,(H,25,29)/t15-/m0/s1. The third-order valence-electron chi connectivity index (χ3n) is 5.46. The number of benzene rings is 1. The summed E-state index contributed by atoms with van der Waals surface area (Å²) in [4.78, 5) is 19.5. The zero-order valence-electron chi connectivity index (χ0n) is 16.5. The van der Waals surface area contributed by atoms with Crippen molar-refractivity contribution in [3.8, 4) is 0 Å². The average Bonchev–Trinajstić information content (AvgIpc) is 3.02. The maximum absolute atomic E-state index is 13.3. The Morgan fingerprint density at radius 2 is 2.21 bits per heavy atom. The number of amides is 1. The van der Waals surface area contributed by atoms with Crippen molar-refractivity contribution >= 4 is 34.2 Å². The SMILES string of the molecule is Cc1nn(C)c2c(N3CCC[C@H](C(=O)NCc4ccc(F)c(Cl)c4)C3)nccc12. The minimum Gasteiger partial charge on any atom is -0.354 e. The molecule has 29 heavy (non-hydrogen) atoms. The first kappa shape index (κ1) is 19.6. The van der Waals surface area contributed by atoms with Crippen molar-refractivity contribution in [3.63, 3.8) is 0 Å². The van der Waals surface area contributed by atoms with Crippen molar-refractivity contribution in [2.45, 2.75) is 26.3 Å². The smallest absolute Gasteiger partial charge is 0.225 e. The first-order valence-electron chi connectivity index (χ1n) is 9.69. The Balaban J connectivity index is 1.47. The number of aromatic nitrogens is 3. The lowest BCUT2D eigenvalue weighted by Crippen LogP contribution is -2.43. The maximum Gasteiger partial charge on any atom is 0.225 e. The number of piperidine rings is 1. The number of anilines is 1. The van der Waals surface area contributed by atoms with Crippen molar-refractivity contribution in [1.82, 2.24) is 20.1 Å². The number of pyridine rings is 1. The van der Waals surface area contributed by atoms with Crippen LogP contribution in [0.1, 0.15) is 24.1 Å². The second-order valence-electron chi connectivity index (χ2n) is 7.49. The molecule has 0 bridgehead atoms. The Hall–Kier alpha value is -2.67. The molecule has 1 N–H and O–H groups in total. The number of hydrogen-bond acceptors (Lipinski definition) is 4. The van der Waals surface area contributed by atoms with E-state index < -0.39 is 5.82 Å². The zero-order chi connectivity index (χ0) is 20.5. The summed E-state index contributed by atoms with van der Waals surface area (Å²) in [6.07, 6.45) is 3.54. The molecule has 1 saturated heterocycles. The molecule has 6 nitrogen and oxygen atoms in total. The molecule has 0 radical (unpaired) electrons. The average molecular weight is 416 g/mol. The van der Waals surface area contributed by atoms with E-state index in [0.29, 0.717) is 13.1 Å². The molecule has 0 unspecified atom stereocenters. The highest BCUT2D eigenvalue weighted by atomic mass is 35.5. The predicted octanol–water partition coefficient (Wildman–Crippen LogP) is 3.60. The molecule has 1 amide bonds. The molecular formula is C21H23ClFN5O. The number of nitrogens with zero attached hydrogens (tertiary/aromatic N) is 4. The van der Waals surface area contributed by atoms with E-state index in [2.05, 4.69) is 20.3 Å². The predicted molar refractivity (Wildman–Crippen MR) is 111 cm³/mol. The number of aryl methyl sites for hydroxylation is 2. The fourth-order valence-corrected chi connectivity index (χ4v) is 4.18. The zero-order valence-corrected chi connectivity index (χ0v) is 17.2. The Labute approximate surface area is 173 Å². The molecule has 0 saturated carbocycles. The first-order valence-corrected chi connectivity index (χ1v) is 10.1. The fraction of sp³-hybridized carbons (Fsp3) is 0.381. The minimum atomic E-state index is -0.461. The van der Waals surface area contributed by atoms with E-state index in [-0.39, 0.29) is 16.8 Å². The van der Waals surface area contributed by atoms with Gasteiger partial charge in [0.1, 0.15) is 11.3 Å². The van der Waals surface area contributed by atoms with Crippen LogP contribution in [0.5, 0.6) is 0 Å². The van der Waals surface area contributed by atoms with E-state index in [1.807, 2.05) is 24.7 Å². The molecule has 1 aliphatic rings. The lowest BCUT2D eigenvalue weighted by atomic mass is 9.97. The van der Waals surface area contributed by atoms with Gasteiger partial charge in [-0.25, -0.2) is 9.37 Å². The highest BCUT2D eigenvalue weighted by Crippen LogP contribution is 2.29. The number of nitrogens with one attached hydrogen (secondary N) is 1. The molecule has 0 spiro atoms. The van der Waals surface area contributed by atoms with Gasteiger partial charge in [-0.3, -0.25) is 9.48 Å². The largest absolute Gasteiger partial charge is 0.354 e. The minimum absolute atomic E-state index is 0.0106. The summed E-state index contributed by atoms with van der Waals surface area (Å²) in [6.45, 7) is 3.77. The van der Waals surface area contributed by atoms with E-state index in [9.17, 15) is 9.18 Å². The summed E-state index contributed by atoms with van der Waals surface area (Å²) >= 11 is 5.82. The van der Waals surface area contributed by atoms with Crippen LogP contribution in [0, 0.1) is 18.7 Å². The van der Waals surface area contributed by atoms with Crippen LogP contribution in [0.3, 0.4) is 0 Å². The van der Waals surface area contributed by atoms with Crippen LogP contribution in [0.4, 0.5) is 10.2 Å². The number of carbonyl (C=O) groups is 1. The van der Waals surface area contributed by atoms with Crippen molar-refractivity contribution in [2.24, 2.45) is 13.0 Å². The van der Waals surface area contributed by atoms with Crippen LogP contribution in [-0.4, -0.2) is 33.8 Å². The maximum atomic E-state index is 13.3. The summed E-state index contributed by atoms with van der Waals surface area (Å²) < 4.78 is 15.2. The Kier molecular flexibility index (Phi) is 5.41.